The largest absolute Gasteiger partial charge is 0.378 e. The maximum absolute atomic E-state index is 11.9. The van der Waals surface area contributed by atoms with Gasteiger partial charge in [0, 0.05) is 18.8 Å². The summed E-state index contributed by atoms with van der Waals surface area (Å²) >= 11 is 0. The van der Waals surface area contributed by atoms with Crippen molar-refractivity contribution in [1.82, 2.24) is 4.98 Å². The molecule has 1 aliphatic heterocycles. The highest BCUT2D eigenvalue weighted by Crippen LogP contribution is 2.15. The minimum Gasteiger partial charge on any atom is -0.378 e. The number of hydrogen-bond donors (Lipinski definition) is 2. The van der Waals surface area contributed by atoms with E-state index in [9.17, 15) is 4.79 Å². The summed E-state index contributed by atoms with van der Waals surface area (Å²) in [5.74, 6) is 0.809. The van der Waals surface area contributed by atoms with E-state index in [1.54, 1.807) is 6.20 Å². The van der Waals surface area contributed by atoms with Crippen LogP contribution in [0.3, 0.4) is 0 Å². The molecule has 3 rings (SSSR count). The van der Waals surface area contributed by atoms with E-state index >= 15 is 0 Å². The third-order valence-corrected chi connectivity index (χ3v) is 3.59. The first-order chi connectivity index (χ1) is 11.3. The van der Waals surface area contributed by atoms with Crippen molar-refractivity contribution in [3.63, 3.8) is 0 Å². The van der Waals surface area contributed by atoms with Gasteiger partial charge in [-0.25, -0.2) is 4.98 Å². The number of ether oxygens (including phenoxy) is 1. The number of carbonyl (C=O) groups excluding carboxylic acids is 1. The molecule has 1 aromatic heterocycles. The molecule has 1 amide bonds. The molecule has 6 heteroatoms. The van der Waals surface area contributed by atoms with Gasteiger partial charge in [0.15, 0.2) is 0 Å². The van der Waals surface area contributed by atoms with Crippen LogP contribution in [0.4, 0.5) is 17.2 Å². The van der Waals surface area contributed by atoms with E-state index in [0.29, 0.717) is 5.69 Å². The van der Waals surface area contributed by atoms with Crippen molar-refractivity contribution in [1.29, 1.82) is 0 Å². The second-order valence-corrected chi connectivity index (χ2v) is 5.27. The number of carbonyl (C=O) groups is 1. The Morgan fingerprint density at radius 1 is 1.09 bits per heavy atom. The molecule has 120 valence electrons. The average molecular weight is 312 g/mol. The second-order valence-electron chi connectivity index (χ2n) is 5.27. The molecule has 1 saturated heterocycles. The number of hydrogen-bond acceptors (Lipinski definition) is 5. The molecule has 0 atom stereocenters. The van der Waals surface area contributed by atoms with E-state index in [1.807, 2.05) is 42.5 Å². The third-order valence-electron chi connectivity index (χ3n) is 3.59. The molecule has 1 aromatic carbocycles. The summed E-state index contributed by atoms with van der Waals surface area (Å²) in [6, 6.07) is 13.4. The van der Waals surface area contributed by atoms with Gasteiger partial charge in [0.1, 0.15) is 5.82 Å². The van der Waals surface area contributed by atoms with Crippen molar-refractivity contribution >= 4 is 23.1 Å². The Bertz CT molecular complexity index is 625. The van der Waals surface area contributed by atoms with E-state index in [0.717, 1.165) is 37.8 Å². The lowest BCUT2D eigenvalue weighted by Gasteiger charge is -2.27. The summed E-state index contributed by atoms with van der Waals surface area (Å²) < 4.78 is 5.33. The van der Waals surface area contributed by atoms with Gasteiger partial charge in [0.05, 0.1) is 31.6 Å². The summed E-state index contributed by atoms with van der Waals surface area (Å²) in [6.07, 6.45) is 1.69. The van der Waals surface area contributed by atoms with Crippen LogP contribution in [-0.4, -0.2) is 43.7 Å². The number of pyridine rings is 1. The number of anilines is 3. The van der Waals surface area contributed by atoms with E-state index in [4.69, 9.17) is 4.74 Å². The first kappa shape index (κ1) is 15.3. The van der Waals surface area contributed by atoms with Crippen LogP contribution in [-0.2, 0) is 9.53 Å². The number of para-hydroxylation sites is 1. The minimum atomic E-state index is -0.102. The summed E-state index contributed by atoms with van der Waals surface area (Å²) in [6.45, 7) is 3.37. The van der Waals surface area contributed by atoms with Crippen LogP contribution < -0.4 is 15.5 Å². The number of benzene rings is 1. The highest BCUT2D eigenvalue weighted by molar-refractivity contribution is 5.93. The molecule has 1 aliphatic rings. The predicted molar refractivity (Wildman–Crippen MR) is 90.8 cm³/mol. The van der Waals surface area contributed by atoms with Crippen LogP contribution in [0, 0.1) is 0 Å². The standard InChI is InChI=1S/C17H20N4O2/c22-17(13-18-14-4-2-1-3-5-14)20-15-6-7-16(19-12-15)21-8-10-23-11-9-21/h1-7,12,18H,8-11,13H2,(H,20,22). The first-order valence-corrected chi connectivity index (χ1v) is 7.69. The van der Waals surface area contributed by atoms with Gasteiger partial charge in [-0.2, -0.15) is 0 Å². The quantitative estimate of drug-likeness (QED) is 0.883. The van der Waals surface area contributed by atoms with Crippen LogP contribution in [0.15, 0.2) is 48.7 Å². The number of aromatic nitrogens is 1. The fourth-order valence-electron chi connectivity index (χ4n) is 2.38. The zero-order chi connectivity index (χ0) is 15.9. The molecule has 0 bridgehead atoms. The zero-order valence-electron chi connectivity index (χ0n) is 12.9. The van der Waals surface area contributed by atoms with E-state index in [1.165, 1.54) is 0 Å². The SMILES string of the molecule is O=C(CNc1ccccc1)Nc1ccc(N2CCOCC2)nc1. The molecule has 2 heterocycles. The maximum atomic E-state index is 11.9. The van der Waals surface area contributed by atoms with Crippen LogP contribution in [0.25, 0.3) is 0 Å². The summed E-state index contributed by atoms with van der Waals surface area (Å²) in [7, 11) is 0. The van der Waals surface area contributed by atoms with Crippen LogP contribution in [0.1, 0.15) is 0 Å². The molecular weight excluding hydrogens is 292 g/mol. The van der Waals surface area contributed by atoms with Gasteiger partial charge in [-0.15, -0.1) is 0 Å². The monoisotopic (exact) mass is 312 g/mol. The fourth-order valence-corrected chi connectivity index (χ4v) is 2.38. The number of nitrogens with one attached hydrogen (secondary N) is 2. The van der Waals surface area contributed by atoms with Gasteiger partial charge in [-0.05, 0) is 24.3 Å². The molecule has 0 spiro atoms. The Labute approximate surface area is 135 Å². The third kappa shape index (κ3) is 4.43. The van der Waals surface area contributed by atoms with Crippen molar-refractivity contribution < 1.29 is 9.53 Å². The predicted octanol–water partition coefficient (Wildman–Crippen LogP) is 1.97. The molecule has 0 aliphatic carbocycles. The lowest BCUT2D eigenvalue weighted by Crippen LogP contribution is -2.36. The van der Waals surface area contributed by atoms with Gasteiger partial charge in [0.25, 0.3) is 0 Å². The topological polar surface area (TPSA) is 66.5 Å². The minimum absolute atomic E-state index is 0.102. The van der Waals surface area contributed by atoms with Gasteiger partial charge in [-0.3, -0.25) is 4.79 Å². The van der Waals surface area contributed by atoms with Crippen LogP contribution in [0.2, 0.25) is 0 Å². The van der Waals surface area contributed by atoms with E-state index in [2.05, 4.69) is 20.5 Å². The molecule has 2 aromatic rings. The number of nitrogens with zero attached hydrogens (tertiary/aromatic N) is 2. The molecule has 2 N–H and O–H groups in total. The molecular formula is C17H20N4O2. The van der Waals surface area contributed by atoms with E-state index < -0.39 is 0 Å². The summed E-state index contributed by atoms with van der Waals surface area (Å²) in [5.41, 5.74) is 1.62. The smallest absolute Gasteiger partial charge is 0.243 e. The highest BCUT2D eigenvalue weighted by Gasteiger charge is 2.12. The van der Waals surface area contributed by atoms with Gasteiger partial charge >= 0.3 is 0 Å². The average Bonchev–Trinajstić information content (AvgIpc) is 2.62. The normalized spacial score (nSPS) is 14.3. The molecule has 1 fully saturated rings. The zero-order valence-corrected chi connectivity index (χ0v) is 12.9. The number of morpholine rings is 1. The molecule has 0 radical (unpaired) electrons. The Balaban J connectivity index is 1.50. The number of rotatable bonds is 5. The van der Waals surface area contributed by atoms with Crippen LogP contribution >= 0.6 is 0 Å². The Morgan fingerprint density at radius 3 is 2.57 bits per heavy atom. The molecule has 6 nitrogen and oxygen atoms in total. The van der Waals surface area contributed by atoms with Crippen LogP contribution in [0.5, 0.6) is 0 Å². The Kier molecular flexibility index (Phi) is 5.06. The maximum Gasteiger partial charge on any atom is 0.243 e. The number of amides is 1. The lowest BCUT2D eigenvalue weighted by atomic mass is 10.3. The van der Waals surface area contributed by atoms with Crippen molar-refractivity contribution in [3.05, 3.63) is 48.7 Å². The van der Waals surface area contributed by atoms with Gasteiger partial charge in [-0.1, -0.05) is 18.2 Å². The first-order valence-electron chi connectivity index (χ1n) is 7.69. The van der Waals surface area contributed by atoms with Gasteiger partial charge < -0.3 is 20.3 Å². The molecule has 0 unspecified atom stereocenters. The fraction of sp³-hybridized carbons (Fsp3) is 0.294. The van der Waals surface area contributed by atoms with E-state index in [-0.39, 0.29) is 12.5 Å². The Morgan fingerprint density at radius 2 is 1.87 bits per heavy atom. The second kappa shape index (κ2) is 7.60. The van der Waals surface area contributed by atoms with Gasteiger partial charge in [0.2, 0.25) is 5.91 Å². The summed E-state index contributed by atoms with van der Waals surface area (Å²) in [4.78, 5) is 18.5. The molecule has 0 saturated carbocycles. The van der Waals surface area contributed by atoms with Crippen molar-refractivity contribution in [2.24, 2.45) is 0 Å². The highest BCUT2D eigenvalue weighted by atomic mass is 16.5. The van der Waals surface area contributed by atoms with Crippen molar-refractivity contribution in [2.75, 3.05) is 48.4 Å². The van der Waals surface area contributed by atoms with Crippen molar-refractivity contribution in [2.45, 2.75) is 0 Å². The molecule has 23 heavy (non-hydrogen) atoms. The lowest BCUT2D eigenvalue weighted by molar-refractivity contribution is -0.114. The Hall–Kier alpha value is -2.60. The van der Waals surface area contributed by atoms with Crippen molar-refractivity contribution in [3.8, 4) is 0 Å². The summed E-state index contributed by atoms with van der Waals surface area (Å²) in [5, 5.41) is 5.91.